The van der Waals surface area contributed by atoms with Crippen LogP contribution in [0.4, 0.5) is 0 Å². The van der Waals surface area contributed by atoms with E-state index in [1.807, 2.05) is 0 Å². The molecule has 4 aromatic heterocycles. The normalized spacial score (nSPS) is 11.5. The fraction of sp³-hybridized carbons (Fsp3) is 0. The molecule has 0 saturated carbocycles. The molecule has 68 heavy (non-hydrogen) atoms. The number of hydrogen-bond acceptors (Lipinski definition) is 2. The van der Waals surface area contributed by atoms with Crippen LogP contribution in [0.1, 0.15) is 0 Å². The van der Waals surface area contributed by atoms with Gasteiger partial charge in [-0.15, -0.1) is 0 Å². The Morgan fingerprint density at radius 3 is 1.50 bits per heavy atom. The topological polar surface area (TPSA) is 35.1 Å². The number of pyridine rings is 2. The van der Waals surface area contributed by atoms with Crippen LogP contribution in [-0.2, 0) is 0 Å². The molecule has 4 heteroatoms. The summed E-state index contributed by atoms with van der Waals surface area (Å²) in [5, 5.41) is 10.2. The highest BCUT2D eigenvalue weighted by atomic mass is 15.2. The van der Waals surface area contributed by atoms with Crippen LogP contribution in [0, 0.1) is 0 Å². The summed E-state index contributed by atoms with van der Waals surface area (Å²) >= 11 is 0. The van der Waals surface area contributed by atoms with Crippen molar-refractivity contribution in [3.8, 4) is 84.1 Å². The molecule has 0 atom stereocenters. The number of hydrogen-bond donors (Lipinski definition) is 0. The first-order valence-corrected chi connectivity index (χ1v) is 23.1. The van der Waals surface area contributed by atoms with Crippen molar-refractivity contribution < 1.29 is 0 Å². The second-order valence-electron chi connectivity index (χ2n) is 17.4. The van der Waals surface area contributed by atoms with Crippen LogP contribution in [0.2, 0.25) is 0 Å². The van der Waals surface area contributed by atoms with Crippen molar-refractivity contribution in [2.75, 3.05) is 0 Å². The molecule has 4 nitrogen and oxygen atoms in total. The van der Waals surface area contributed by atoms with Gasteiger partial charge < -0.3 is 4.57 Å². The Balaban J connectivity index is 0.976. The predicted octanol–water partition coefficient (Wildman–Crippen LogP) is 16.6. The van der Waals surface area contributed by atoms with Crippen LogP contribution in [0.15, 0.2) is 255 Å². The van der Waals surface area contributed by atoms with E-state index in [1.165, 1.54) is 21.8 Å². The maximum atomic E-state index is 5.46. The van der Waals surface area contributed by atoms with Gasteiger partial charge >= 0.3 is 0 Å². The Hall–Kier alpha value is -9.12. The van der Waals surface area contributed by atoms with Gasteiger partial charge in [-0.25, -0.2) is 9.50 Å². The van der Waals surface area contributed by atoms with Crippen LogP contribution in [0.3, 0.4) is 0 Å². The highest BCUT2D eigenvalue weighted by Gasteiger charge is 2.22. The van der Waals surface area contributed by atoms with E-state index in [0.717, 1.165) is 100 Å². The van der Waals surface area contributed by atoms with Gasteiger partial charge in [-0.2, -0.15) is 5.10 Å². The summed E-state index contributed by atoms with van der Waals surface area (Å²) in [5.74, 6) is 0. The number of aromatic nitrogens is 4. The highest BCUT2D eigenvalue weighted by molar-refractivity contribution is 6.11. The molecular weight excluding hydrogens is 825 g/mol. The first-order valence-electron chi connectivity index (χ1n) is 23.1. The van der Waals surface area contributed by atoms with E-state index >= 15 is 0 Å². The van der Waals surface area contributed by atoms with E-state index in [-0.39, 0.29) is 0 Å². The average Bonchev–Trinajstić information content (AvgIpc) is 3.99. The standard InChI is InChI=1S/C64H42N4/c1-5-19-43(20-6-1)57-40-52(41-58(65-57)51-29-18-30-53(38-51)67-59-33-15-13-31-54(59)55-32-14-16-34-60(55)67)48-28-17-27-47(37-48)49-35-36-50-42-61(44-21-7-2-8-22-44)68-64(56(50)39-49)62(45-23-9-3-10-24-45)63(66-68)46-25-11-4-12-26-46/h1-42H. The first-order chi connectivity index (χ1) is 33.7. The van der Waals surface area contributed by atoms with Crippen LogP contribution in [0.5, 0.6) is 0 Å². The predicted molar refractivity (Wildman–Crippen MR) is 283 cm³/mol. The van der Waals surface area contributed by atoms with Crippen LogP contribution < -0.4 is 0 Å². The lowest BCUT2D eigenvalue weighted by Gasteiger charge is -2.14. The maximum absolute atomic E-state index is 5.46. The van der Waals surface area contributed by atoms with Crippen LogP contribution in [-0.4, -0.2) is 19.2 Å². The van der Waals surface area contributed by atoms with Gasteiger partial charge in [0, 0.05) is 49.7 Å². The fourth-order valence-corrected chi connectivity index (χ4v) is 10.1. The molecule has 0 saturated heterocycles. The lowest BCUT2D eigenvalue weighted by atomic mass is 9.93. The molecule has 0 radical (unpaired) electrons. The van der Waals surface area contributed by atoms with Crippen molar-refractivity contribution in [2.45, 2.75) is 0 Å². The number of benzene rings is 9. The minimum atomic E-state index is 0.917. The van der Waals surface area contributed by atoms with Crippen molar-refractivity contribution in [1.29, 1.82) is 0 Å². The Morgan fingerprint density at radius 2 is 0.824 bits per heavy atom. The molecule has 4 heterocycles. The van der Waals surface area contributed by atoms with E-state index in [9.17, 15) is 0 Å². The Labute approximate surface area is 394 Å². The van der Waals surface area contributed by atoms with Gasteiger partial charge in [0.25, 0.3) is 0 Å². The van der Waals surface area contributed by atoms with Gasteiger partial charge in [-0.1, -0.05) is 200 Å². The minimum Gasteiger partial charge on any atom is -0.309 e. The zero-order valence-electron chi connectivity index (χ0n) is 37.0. The number of rotatable bonds is 8. The Morgan fingerprint density at radius 1 is 0.309 bits per heavy atom. The maximum Gasteiger partial charge on any atom is 0.101 e. The van der Waals surface area contributed by atoms with Crippen molar-refractivity contribution in [1.82, 2.24) is 19.2 Å². The highest BCUT2D eigenvalue weighted by Crippen LogP contribution is 2.43. The summed E-state index contributed by atoms with van der Waals surface area (Å²) in [6.07, 6.45) is 0. The quantitative estimate of drug-likeness (QED) is 0.153. The third-order valence-electron chi connectivity index (χ3n) is 13.3. The zero-order valence-corrected chi connectivity index (χ0v) is 37.0. The fourth-order valence-electron chi connectivity index (χ4n) is 10.1. The molecule has 0 aliphatic carbocycles. The largest absolute Gasteiger partial charge is 0.309 e. The first kappa shape index (κ1) is 39.3. The average molecular weight is 867 g/mol. The monoisotopic (exact) mass is 866 g/mol. The van der Waals surface area contributed by atoms with Gasteiger partial charge in [0.2, 0.25) is 0 Å². The summed E-state index contributed by atoms with van der Waals surface area (Å²) in [5.41, 5.74) is 19.4. The van der Waals surface area contributed by atoms with Gasteiger partial charge in [0.15, 0.2) is 0 Å². The SMILES string of the molecule is c1ccc(-c2cc(-c3cccc(-c4ccc5cc(-c6ccccc6)n6nc(-c7ccccc7)c(-c7ccccc7)c6c5c4)c3)cc(-c3cccc(-n4c5ccccc5c5ccccc54)c3)n2)cc1. The molecule has 0 fully saturated rings. The molecule has 0 aliphatic heterocycles. The lowest BCUT2D eigenvalue weighted by Crippen LogP contribution is -1.96. The zero-order chi connectivity index (χ0) is 45.0. The third-order valence-corrected chi connectivity index (χ3v) is 13.3. The third kappa shape index (κ3) is 6.78. The molecule has 13 aromatic rings. The van der Waals surface area contributed by atoms with Crippen molar-refractivity contribution in [2.24, 2.45) is 0 Å². The molecule has 0 spiro atoms. The summed E-state index contributed by atoms with van der Waals surface area (Å²) in [6.45, 7) is 0. The van der Waals surface area contributed by atoms with Crippen molar-refractivity contribution in [3.05, 3.63) is 255 Å². The summed E-state index contributed by atoms with van der Waals surface area (Å²) in [6, 6.07) is 91.1. The molecule has 0 N–H and O–H groups in total. The lowest BCUT2D eigenvalue weighted by molar-refractivity contribution is 0.979. The number of fused-ring (bicyclic) bond motifs is 6. The molecule has 13 rings (SSSR count). The second-order valence-corrected chi connectivity index (χ2v) is 17.4. The number of para-hydroxylation sites is 2. The van der Waals surface area contributed by atoms with Crippen molar-refractivity contribution in [3.63, 3.8) is 0 Å². The molecule has 0 unspecified atom stereocenters. The van der Waals surface area contributed by atoms with Crippen LogP contribution >= 0.6 is 0 Å². The molecule has 9 aromatic carbocycles. The smallest absolute Gasteiger partial charge is 0.101 e. The van der Waals surface area contributed by atoms with Gasteiger partial charge in [0.1, 0.15) is 5.69 Å². The molecule has 0 amide bonds. The summed E-state index contributed by atoms with van der Waals surface area (Å²) in [4.78, 5) is 5.36. The van der Waals surface area contributed by atoms with Gasteiger partial charge in [-0.05, 0) is 87.8 Å². The van der Waals surface area contributed by atoms with Gasteiger partial charge in [0.05, 0.1) is 33.6 Å². The molecule has 0 bridgehead atoms. The van der Waals surface area contributed by atoms with Crippen LogP contribution in [0.25, 0.3) is 122 Å². The second kappa shape index (κ2) is 16.4. The summed E-state index contributed by atoms with van der Waals surface area (Å²) in [7, 11) is 0. The van der Waals surface area contributed by atoms with E-state index in [0.29, 0.717) is 0 Å². The van der Waals surface area contributed by atoms with E-state index in [1.54, 1.807) is 0 Å². The Kier molecular flexibility index (Phi) is 9.47. The van der Waals surface area contributed by atoms with E-state index in [2.05, 4.69) is 264 Å². The molecular formula is C64H42N4. The van der Waals surface area contributed by atoms with Crippen molar-refractivity contribution >= 4 is 38.1 Å². The minimum absolute atomic E-state index is 0.917. The van der Waals surface area contributed by atoms with Gasteiger partial charge in [-0.3, -0.25) is 0 Å². The molecule has 318 valence electrons. The van der Waals surface area contributed by atoms with E-state index in [4.69, 9.17) is 10.1 Å². The Bertz CT molecular complexity index is 3950. The summed E-state index contributed by atoms with van der Waals surface area (Å²) < 4.78 is 4.54. The molecule has 0 aliphatic rings. The van der Waals surface area contributed by atoms with E-state index < -0.39 is 0 Å². The number of nitrogens with zero attached hydrogens (tertiary/aromatic N) is 4.